The Balaban J connectivity index is 0. The van der Waals surface area contributed by atoms with Crippen LogP contribution >= 0.6 is 0 Å². The Morgan fingerprint density at radius 3 is 1.00 bits per heavy atom. The molecule has 5 heavy (non-hydrogen) atoms. The molecule has 4 radical (unpaired) electrons. The number of hydrogen-bond donors (Lipinski definition) is 0. The van der Waals surface area contributed by atoms with Crippen LogP contribution in [-0.4, -0.2) is 27.3 Å². The van der Waals surface area contributed by atoms with E-state index < -0.39 is 0 Å². The minimum Gasteiger partial charge on any atom is 0 e. The first kappa shape index (κ1) is 40.4. The number of hydrogen-bond acceptors (Lipinski definition) is 0. The molecule has 0 aliphatic carbocycles. The van der Waals surface area contributed by atoms with E-state index in [0.29, 0.717) is 0 Å². The fraction of sp³-hybridized carbons (Fsp3) is 0. The van der Waals surface area contributed by atoms with Crippen molar-refractivity contribution in [2.75, 3.05) is 0 Å². The fourth-order valence-electron chi connectivity index (χ4n) is 0. The van der Waals surface area contributed by atoms with Crippen LogP contribution in [0.2, 0.25) is 0 Å². The summed E-state index contributed by atoms with van der Waals surface area (Å²) in [5.41, 5.74) is 0. The third-order valence-electron chi connectivity index (χ3n) is 0. The standard InChI is InChI=1S/Ag.Cu.Fe.Pb.Zn.2H. The predicted octanol–water partition coefficient (Wildman–Crippen LogP) is -0.926. The second-order valence-electron chi connectivity index (χ2n) is 0. The minimum absolute atomic E-state index is 0. The average Bonchev–Trinajstić information content (AvgIpc) is 0. The van der Waals surface area contributed by atoms with Gasteiger partial charge in [0, 0.05) is 76.0 Å². The van der Waals surface area contributed by atoms with Crippen molar-refractivity contribution in [1.82, 2.24) is 0 Å². The van der Waals surface area contributed by atoms with Crippen molar-refractivity contribution < 1.29 is 76.0 Å². The van der Waals surface area contributed by atoms with Gasteiger partial charge in [0.25, 0.3) is 0 Å². The van der Waals surface area contributed by atoms with Gasteiger partial charge >= 0.3 is 27.3 Å². The molecular weight excluding hydrogens is 500 g/mol. The van der Waals surface area contributed by atoms with E-state index in [2.05, 4.69) is 0 Å². The minimum atomic E-state index is 0. The van der Waals surface area contributed by atoms with Crippen molar-refractivity contribution in [3.63, 3.8) is 0 Å². The molecule has 0 heterocycles. The van der Waals surface area contributed by atoms with Crippen LogP contribution in [0.3, 0.4) is 0 Å². The molecular formula is H2AgCuFePbZn. The third-order valence-corrected chi connectivity index (χ3v) is 0. The van der Waals surface area contributed by atoms with Crippen molar-refractivity contribution in [2.45, 2.75) is 0 Å². The molecule has 0 fully saturated rings. The summed E-state index contributed by atoms with van der Waals surface area (Å²) in [7, 11) is 0. The molecule has 0 amide bonds. The van der Waals surface area contributed by atoms with Gasteiger partial charge < -0.3 is 0 Å². The van der Waals surface area contributed by atoms with Gasteiger partial charge in [-0.15, -0.1) is 0 Å². The van der Waals surface area contributed by atoms with Crippen LogP contribution in [-0.2, 0) is 76.0 Å². The summed E-state index contributed by atoms with van der Waals surface area (Å²) in [6.07, 6.45) is 0. The Morgan fingerprint density at radius 1 is 1.00 bits per heavy atom. The van der Waals surface area contributed by atoms with E-state index in [1.54, 1.807) is 0 Å². The van der Waals surface area contributed by atoms with Crippen molar-refractivity contribution >= 4 is 27.3 Å². The van der Waals surface area contributed by atoms with Crippen LogP contribution in [0.15, 0.2) is 0 Å². The van der Waals surface area contributed by atoms with Crippen molar-refractivity contribution in [3.05, 3.63) is 0 Å². The Hall–Kier alpha value is 3.32. The van der Waals surface area contributed by atoms with Gasteiger partial charge in [0.05, 0.1) is 0 Å². The van der Waals surface area contributed by atoms with Gasteiger partial charge in [0.2, 0.25) is 0 Å². The van der Waals surface area contributed by atoms with Crippen LogP contribution in [0, 0.1) is 0 Å². The van der Waals surface area contributed by atoms with Crippen LogP contribution in [0.5, 0.6) is 0 Å². The molecule has 0 aromatic carbocycles. The molecule has 0 aliphatic rings. The van der Waals surface area contributed by atoms with Crippen LogP contribution in [0.1, 0.15) is 0 Å². The van der Waals surface area contributed by atoms with Crippen molar-refractivity contribution in [1.29, 1.82) is 0 Å². The second-order valence-corrected chi connectivity index (χ2v) is 0. The summed E-state index contributed by atoms with van der Waals surface area (Å²) < 4.78 is 0. The van der Waals surface area contributed by atoms with Crippen molar-refractivity contribution in [3.8, 4) is 0 Å². The first-order valence-electron chi connectivity index (χ1n) is 0. The largest absolute Gasteiger partial charge is 0 e. The summed E-state index contributed by atoms with van der Waals surface area (Å²) in [6, 6.07) is 0. The second kappa shape index (κ2) is 26.5. The predicted molar refractivity (Wildman–Crippen MR) is 8.54 cm³/mol. The topological polar surface area (TPSA) is 0 Å². The quantitative estimate of drug-likeness (QED) is 0.377. The molecule has 0 spiro atoms. The van der Waals surface area contributed by atoms with Gasteiger partial charge in [0.15, 0.2) is 0 Å². The molecule has 0 rings (SSSR count). The van der Waals surface area contributed by atoms with Crippen LogP contribution in [0.25, 0.3) is 0 Å². The van der Waals surface area contributed by atoms with E-state index in [1.165, 1.54) is 0 Å². The first-order valence-corrected chi connectivity index (χ1v) is 0. The Morgan fingerprint density at radius 2 is 1.00 bits per heavy atom. The number of rotatable bonds is 0. The van der Waals surface area contributed by atoms with E-state index in [1.807, 2.05) is 0 Å². The molecule has 0 aromatic rings. The zero-order valence-electron chi connectivity index (χ0n) is 2.37. The Kier molecular flexibility index (Phi) is 214. The summed E-state index contributed by atoms with van der Waals surface area (Å²) in [6.45, 7) is 0. The van der Waals surface area contributed by atoms with Crippen molar-refractivity contribution in [2.24, 2.45) is 0 Å². The molecule has 0 saturated carbocycles. The molecule has 0 N–H and O–H groups in total. The maximum Gasteiger partial charge on any atom is 0 e. The molecule has 38 valence electrons. The first-order chi connectivity index (χ1) is 0. The van der Waals surface area contributed by atoms with Crippen LogP contribution in [0.4, 0.5) is 0 Å². The summed E-state index contributed by atoms with van der Waals surface area (Å²) in [5.74, 6) is 0. The van der Waals surface area contributed by atoms with E-state index in [-0.39, 0.29) is 103 Å². The smallest absolute Gasteiger partial charge is 0 e. The molecule has 5 heteroatoms. The maximum absolute atomic E-state index is 0. The summed E-state index contributed by atoms with van der Waals surface area (Å²) in [4.78, 5) is 0. The van der Waals surface area contributed by atoms with E-state index in [9.17, 15) is 0 Å². The van der Waals surface area contributed by atoms with Gasteiger partial charge in [-0.3, -0.25) is 0 Å². The molecule has 0 unspecified atom stereocenters. The van der Waals surface area contributed by atoms with Crippen LogP contribution < -0.4 is 0 Å². The van der Waals surface area contributed by atoms with Gasteiger partial charge in [-0.25, -0.2) is 0 Å². The molecule has 0 nitrogen and oxygen atoms in total. The molecule has 0 aliphatic heterocycles. The zero-order valence-corrected chi connectivity index (χ0v) is 14.4. The van der Waals surface area contributed by atoms with Gasteiger partial charge in [-0.1, -0.05) is 0 Å². The monoisotopic (exact) mass is 500 g/mol. The van der Waals surface area contributed by atoms with E-state index in [0.717, 1.165) is 0 Å². The average molecular weight is 502 g/mol. The molecule has 0 bridgehead atoms. The Labute approximate surface area is 101 Å². The fourth-order valence-corrected chi connectivity index (χ4v) is 0. The van der Waals surface area contributed by atoms with E-state index >= 15 is 0 Å². The third kappa shape index (κ3) is 18.8. The normalized spacial score (nSPS) is 0. The van der Waals surface area contributed by atoms with Gasteiger partial charge in [0.1, 0.15) is 0 Å². The summed E-state index contributed by atoms with van der Waals surface area (Å²) in [5, 5.41) is 0. The van der Waals surface area contributed by atoms with E-state index in [4.69, 9.17) is 0 Å². The van der Waals surface area contributed by atoms with Gasteiger partial charge in [-0.05, 0) is 0 Å². The van der Waals surface area contributed by atoms with Gasteiger partial charge in [-0.2, -0.15) is 0 Å². The zero-order chi connectivity index (χ0) is 0. The maximum atomic E-state index is 0. The molecule has 0 aromatic heterocycles. The molecule has 0 saturated heterocycles. The summed E-state index contributed by atoms with van der Waals surface area (Å²) >= 11 is 0. The molecule has 0 atom stereocenters. The Bertz CT molecular complexity index is 11.6. The SMILES string of the molecule is [Ag].[Cu].[Fe].[PbH2].[Zn].